The molecule has 2 N–H and O–H groups in total. The van der Waals surface area contributed by atoms with E-state index in [0.717, 1.165) is 0 Å². The number of hydrogen-bond acceptors (Lipinski definition) is 4. The highest BCUT2D eigenvalue weighted by atomic mass is 19.1. The lowest BCUT2D eigenvalue weighted by molar-refractivity contribution is 0.102. The zero-order valence-corrected chi connectivity index (χ0v) is 14.8. The fourth-order valence-electron chi connectivity index (χ4n) is 2.51. The van der Waals surface area contributed by atoms with Gasteiger partial charge in [-0.2, -0.15) is 0 Å². The number of anilines is 1. The molecule has 0 atom stereocenters. The van der Waals surface area contributed by atoms with Gasteiger partial charge in [-0.05, 0) is 48.9 Å². The van der Waals surface area contributed by atoms with Crippen LogP contribution in [-0.4, -0.2) is 18.1 Å². The van der Waals surface area contributed by atoms with Gasteiger partial charge in [0.15, 0.2) is 11.6 Å². The molecule has 3 rings (SSSR count). The first-order valence-electron chi connectivity index (χ1n) is 8.18. The Balaban J connectivity index is 1.76. The van der Waals surface area contributed by atoms with E-state index in [-0.39, 0.29) is 17.2 Å². The maximum Gasteiger partial charge on any atom is 0.256 e. The van der Waals surface area contributed by atoms with Gasteiger partial charge in [0.2, 0.25) is 0 Å². The second kappa shape index (κ2) is 7.78. The summed E-state index contributed by atoms with van der Waals surface area (Å²) in [6.07, 6.45) is 0. The maximum absolute atomic E-state index is 14.4. The molecule has 0 aliphatic rings. The minimum Gasteiger partial charge on any atom is -0.508 e. The van der Waals surface area contributed by atoms with Crippen molar-refractivity contribution in [2.24, 2.45) is 0 Å². The van der Waals surface area contributed by atoms with Crippen molar-refractivity contribution < 1.29 is 23.8 Å². The van der Waals surface area contributed by atoms with Gasteiger partial charge >= 0.3 is 0 Å². The molecule has 6 heteroatoms. The summed E-state index contributed by atoms with van der Waals surface area (Å²) in [6.45, 7) is 1.75. The van der Waals surface area contributed by atoms with Gasteiger partial charge in [0, 0.05) is 23.4 Å². The fraction of sp³-hybridized carbons (Fsp3) is 0.0952. The van der Waals surface area contributed by atoms with Crippen molar-refractivity contribution in [3.8, 4) is 23.0 Å². The number of rotatable bonds is 5. The van der Waals surface area contributed by atoms with Gasteiger partial charge in [-0.15, -0.1) is 0 Å². The number of halogens is 1. The Kier molecular flexibility index (Phi) is 5.26. The number of phenolic OH excluding ortho intramolecular Hbond substituents is 1. The van der Waals surface area contributed by atoms with Crippen molar-refractivity contribution >= 4 is 11.6 Å². The molecule has 0 radical (unpaired) electrons. The van der Waals surface area contributed by atoms with Gasteiger partial charge in [0.05, 0.1) is 7.11 Å². The van der Waals surface area contributed by atoms with E-state index in [1.807, 2.05) is 0 Å². The highest BCUT2D eigenvalue weighted by Crippen LogP contribution is 2.29. The Labute approximate surface area is 156 Å². The second-order valence-corrected chi connectivity index (χ2v) is 5.88. The minimum atomic E-state index is -0.622. The van der Waals surface area contributed by atoms with E-state index in [1.165, 1.54) is 37.4 Å². The molecule has 0 aliphatic heterocycles. The van der Waals surface area contributed by atoms with Crippen LogP contribution in [0.4, 0.5) is 10.1 Å². The first kappa shape index (κ1) is 18.3. The normalized spacial score (nSPS) is 10.3. The van der Waals surface area contributed by atoms with E-state index in [0.29, 0.717) is 22.6 Å². The third-order valence-electron chi connectivity index (χ3n) is 3.92. The molecule has 27 heavy (non-hydrogen) atoms. The van der Waals surface area contributed by atoms with Crippen LogP contribution in [0.3, 0.4) is 0 Å². The number of aromatic hydroxyl groups is 1. The van der Waals surface area contributed by atoms with Gasteiger partial charge in [0.1, 0.15) is 17.2 Å². The number of carbonyl (C=O) groups is 1. The highest BCUT2D eigenvalue weighted by Gasteiger charge is 2.12. The molecule has 0 spiro atoms. The Morgan fingerprint density at radius 1 is 1.04 bits per heavy atom. The van der Waals surface area contributed by atoms with Crippen molar-refractivity contribution in [3.05, 3.63) is 77.6 Å². The van der Waals surface area contributed by atoms with Crippen LogP contribution in [0, 0.1) is 12.7 Å². The number of carbonyl (C=O) groups excluding carboxylic acids is 1. The molecule has 3 aromatic carbocycles. The van der Waals surface area contributed by atoms with Crippen molar-refractivity contribution in [1.29, 1.82) is 0 Å². The molecule has 0 fully saturated rings. The zero-order chi connectivity index (χ0) is 19.4. The van der Waals surface area contributed by atoms with Crippen LogP contribution in [-0.2, 0) is 0 Å². The van der Waals surface area contributed by atoms with Crippen molar-refractivity contribution in [1.82, 2.24) is 0 Å². The fourth-order valence-corrected chi connectivity index (χ4v) is 2.51. The number of methoxy groups -OCH3 is 1. The molecule has 3 aromatic rings. The summed E-state index contributed by atoms with van der Waals surface area (Å²) in [4.78, 5) is 12.4. The Morgan fingerprint density at radius 3 is 2.56 bits per heavy atom. The summed E-state index contributed by atoms with van der Waals surface area (Å²) in [7, 11) is 1.53. The van der Waals surface area contributed by atoms with Crippen LogP contribution in [0.25, 0.3) is 0 Å². The largest absolute Gasteiger partial charge is 0.508 e. The number of ether oxygens (including phenoxy) is 2. The summed E-state index contributed by atoms with van der Waals surface area (Å²) in [5, 5.41) is 12.2. The molecular weight excluding hydrogens is 349 g/mol. The monoisotopic (exact) mass is 367 g/mol. The number of benzene rings is 3. The molecule has 0 unspecified atom stereocenters. The summed E-state index contributed by atoms with van der Waals surface area (Å²) in [5.74, 6) is -0.0278. The molecule has 0 saturated carbocycles. The molecule has 5 nitrogen and oxygen atoms in total. The molecule has 0 saturated heterocycles. The summed E-state index contributed by atoms with van der Waals surface area (Å²) in [5.41, 5.74) is 1.29. The van der Waals surface area contributed by atoms with Crippen LogP contribution >= 0.6 is 0 Å². The lowest BCUT2D eigenvalue weighted by atomic mass is 10.1. The highest BCUT2D eigenvalue weighted by molar-refractivity contribution is 6.05. The summed E-state index contributed by atoms with van der Waals surface area (Å²) >= 11 is 0. The number of phenols is 1. The molecule has 1 amide bonds. The van der Waals surface area contributed by atoms with Crippen molar-refractivity contribution in [2.45, 2.75) is 6.92 Å². The van der Waals surface area contributed by atoms with E-state index >= 15 is 0 Å². The molecular formula is C21H18FNO4. The van der Waals surface area contributed by atoms with Crippen molar-refractivity contribution in [3.63, 3.8) is 0 Å². The minimum absolute atomic E-state index is 0.0148. The first-order chi connectivity index (χ1) is 13.0. The average molecular weight is 367 g/mol. The van der Waals surface area contributed by atoms with Crippen molar-refractivity contribution in [2.75, 3.05) is 12.4 Å². The van der Waals surface area contributed by atoms with Crippen LogP contribution < -0.4 is 14.8 Å². The lowest BCUT2D eigenvalue weighted by Gasteiger charge is -2.11. The number of nitrogens with one attached hydrogen (secondary N) is 1. The Bertz CT molecular complexity index is 988. The molecule has 0 bridgehead atoms. The predicted molar refractivity (Wildman–Crippen MR) is 100 cm³/mol. The number of amides is 1. The van der Waals surface area contributed by atoms with E-state index in [1.54, 1.807) is 37.3 Å². The molecule has 0 aliphatic carbocycles. The second-order valence-electron chi connectivity index (χ2n) is 5.88. The quantitative estimate of drug-likeness (QED) is 0.674. The SMILES string of the molecule is COc1cccc(Oc2ccc(NC(=O)c3cc(O)ccc3C)cc2F)c1. The zero-order valence-electron chi connectivity index (χ0n) is 14.8. The van der Waals surface area contributed by atoms with Gasteiger partial charge < -0.3 is 19.9 Å². The van der Waals surface area contributed by atoms with E-state index in [4.69, 9.17) is 9.47 Å². The Morgan fingerprint density at radius 2 is 1.81 bits per heavy atom. The molecule has 0 aromatic heterocycles. The maximum atomic E-state index is 14.4. The van der Waals surface area contributed by atoms with Gasteiger partial charge in [-0.25, -0.2) is 4.39 Å². The lowest BCUT2D eigenvalue weighted by Crippen LogP contribution is -2.13. The van der Waals surface area contributed by atoms with E-state index < -0.39 is 11.7 Å². The topological polar surface area (TPSA) is 67.8 Å². The summed E-state index contributed by atoms with van der Waals surface area (Å²) in [6, 6.07) is 15.4. The van der Waals surface area contributed by atoms with Gasteiger partial charge in [0.25, 0.3) is 5.91 Å². The molecule has 138 valence electrons. The predicted octanol–water partition coefficient (Wildman–Crippen LogP) is 4.89. The standard InChI is InChI=1S/C21H18FNO4/c1-13-6-8-15(24)11-18(13)21(25)23-14-7-9-20(19(22)10-14)27-17-5-3-4-16(12-17)26-2/h3-12,24H,1-2H3,(H,23,25). The van der Waals surface area contributed by atoms with Crippen LogP contribution in [0.15, 0.2) is 60.7 Å². The van der Waals surface area contributed by atoms with Crippen LogP contribution in [0.5, 0.6) is 23.0 Å². The van der Waals surface area contributed by atoms with Gasteiger partial charge in [-0.3, -0.25) is 4.79 Å². The average Bonchev–Trinajstić information content (AvgIpc) is 2.66. The smallest absolute Gasteiger partial charge is 0.256 e. The molecule has 0 heterocycles. The van der Waals surface area contributed by atoms with E-state index in [2.05, 4.69) is 5.32 Å². The number of aryl methyl sites for hydroxylation is 1. The third kappa shape index (κ3) is 4.36. The summed E-state index contributed by atoms with van der Waals surface area (Å²) < 4.78 is 25.0. The number of hydrogen-bond donors (Lipinski definition) is 2. The van der Waals surface area contributed by atoms with Gasteiger partial charge in [-0.1, -0.05) is 12.1 Å². The Hall–Kier alpha value is -3.54. The van der Waals surface area contributed by atoms with Crippen LogP contribution in [0.2, 0.25) is 0 Å². The van der Waals surface area contributed by atoms with E-state index in [9.17, 15) is 14.3 Å². The first-order valence-corrected chi connectivity index (χ1v) is 8.18. The van der Waals surface area contributed by atoms with Crippen LogP contribution in [0.1, 0.15) is 15.9 Å². The third-order valence-corrected chi connectivity index (χ3v) is 3.92.